The minimum Gasteiger partial charge on any atom is -0.355 e. The zero-order chi connectivity index (χ0) is 22.1. The monoisotopic (exact) mass is 457 g/mol. The highest BCUT2D eigenvalue weighted by Crippen LogP contribution is 2.32. The number of nitrogens with one attached hydrogen (secondary N) is 1. The Morgan fingerprint density at radius 3 is 2.52 bits per heavy atom. The number of Topliss-reactive ketones (excluding diaryl/α,β-unsaturated/α-hetero) is 2. The van der Waals surface area contributed by atoms with E-state index in [0.29, 0.717) is 32.7 Å². The molecular weight excluding hydrogens is 434 g/mol. The molecule has 0 aliphatic carbocycles. The molecule has 3 aromatic rings. The zero-order valence-electron chi connectivity index (χ0n) is 17.7. The lowest BCUT2D eigenvalue weighted by Crippen LogP contribution is -2.22. The van der Waals surface area contributed by atoms with Gasteiger partial charge in [0.25, 0.3) is 0 Å². The van der Waals surface area contributed by atoms with Crippen molar-refractivity contribution in [2.45, 2.75) is 38.8 Å². The molecule has 4 rings (SSSR count). The Kier molecular flexibility index (Phi) is 6.20. The molecule has 0 spiro atoms. The van der Waals surface area contributed by atoms with Gasteiger partial charge in [0, 0.05) is 24.3 Å². The second-order valence-corrected chi connectivity index (χ2v) is 9.01. The predicted molar refractivity (Wildman–Crippen MR) is 123 cm³/mol. The van der Waals surface area contributed by atoms with Gasteiger partial charge in [-0.2, -0.15) is 0 Å². The van der Waals surface area contributed by atoms with Crippen LogP contribution in [0.25, 0.3) is 5.69 Å². The van der Waals surface area contributed by atoms with Gasteiger partial charge in [0.15, 0.2) is 16.7 Å². The van der Waals surface area contributed by atoms with Gasteiger partial charge in [0.05, 0.1) is 22.2 Å². The number of H-pyrrole nitrogens is 1. The molecule has 0 amide bonds. The number of ketones is 2. The molecule has 0 unspecified atom stereocenters. The zero-order valence-corrected chi connectivity index (χ0v) is 19.3. The molecule has 0 bridgehead atoms. The molecule has 1 saturated heterocycles. The Morgan fingerprint density at radius 1 is 1.16 bits per heavy atom. The first-order valence-corrected chi connectivity index (χ1v) is 11.6. The van der Waals surface area contributed by atoms with Crippen molar-refractivity contribution in [2.24, 2.45) is 0 Å². The van der Waals surface area contributed by atoms with Crippen LogP contribution in [0.5, 0.6) is 0 Å². The van der Waals surface area contributed by atoms with Crippen molar-refractivity contribution in [3.63, 3.8) is 0 Å². The predicted octanol–water partition coefficient (Wildman–Crippen LogP) is 4.64. The fourth-order valence-corrected chi connectivity index (χ4v) is 5.11. The molecular formula is C22H24ClN5O2S. The van der Waals surface area contributed by atoms with Gasteiger partial charge in [-0.3, -0.25) is 14.2 Å². The summed E-state index contributed by atoms with van der Waals surface area (Å²) in [5, 5.41) is 10.0. The van der Waals surface area contributed by atoms with E-state index in [1.165, 1.54) is 18.7 Å². The molecule has 31 heavy (non-hydrogen) atoms. The summed E-state index contributed by atoms with van der Waals surface area (Å²) in [6.45, 7) is 6.96. The Bertz CT molecular complexity index is 1150. The average Bonchev–Trinajstić information content (AvgIpc) is 3.45. The number of nitrogens with zero attached hydrogens (tertiary/aromatic N) is 4. The van der Waals surface area contributed by atoms with Gasteiger partial charge in [0.1, 0.15) is 0 Å². The van der Waals surface area contributed by atoms with Crippen molar-refractivity contribution in [1.82, 2.24) is 19.7 Å². The molecule has 162 valence electrons. The van der Waals surface area contributed by atoms with Crippen LogP contribution in [-0.4, -0.2) is 50.2 Å². The van der Waals surface area contributed by atoms with Crippen LogP contribution >= 0.6 is 23.4 Å². The van der Waals surface area contributed by atoms with Crippen LogP contribution in [-0.2, 0) is 0 Å². The quantitative estimate of drug-likeness (QED) is 0.411. The Hall–Kier alpha value is -2.58. The maximum absolute atomic E-state index is 12.9. The lowest BCUT2D eigenvalue weighted by atomic mass is 10.1. The lowest BCUT2D eigenvalue weighted by molar-refractivity contribution is 0.101. The molecule has 0 atom stereocenters. The Balaban J connectivity index is 1.64. The van der Waals surface area contributed by atoms with Gasteiger partial charge in [0.2, 0.25) is 5.95 Å². The van der Waals surface area contributed by atoms with Gasteiger partial charge in [-0.15, -0.1) is 10.2 Å². The third-order valence-corrected chi connectivity index (χ3v) is 6.75. The minimum absolute atomic E-state index is 0.0494. The van der Waals surface area contributed by atoms with Crippen molar-refractivity contribution in [1.29, 1.82) is 0 Å². The highest BCUT2D eigenvalue weighted by molar-refractivity contribution is 7.99. The average molecular weight is 458 g/mol. The highest BCUT2D eigenvalue weighted by atomic mass is 35.5. The van der Waals surface area contributed by atoms with Crippen molar-refractivity contribution < 1.29 is 9.59 Å². The van der Waals surface area contributed by atoms with Crippen LogP contribution in [0.3, 0.4) is 0 Å². The van der Waals surface area contributed by atoms with E-state index in [4.69, 9.17) is 11.6 Å². The smallest absolute Gasteiger partial charge is 0.232 e. The maximum atomic E-state index is 12.9. The summed E-state index contributed by atoms with van der Waals surface area (Å²) in [7, 11) is 0. The number of para-hydroxylation sites is 1. The van der Waals surface area contributed by atoms with Crippen molar-refractivity contribution >= 4 is 40.9 Å². The second kappa shape index (κ2) is 8.88. The number of aromatic amines is 1. The Labute approximate surface area is 190 Å². The number of anilines is 1. The van der Waals surface area contributed by atoms with E-state index in [9.17, 15) is 9.59 Å². The molecule has 2 aromatic heterocycles. The third-order valence-electron chi connectivity index (χ3n) is 5.50. The molecule has 1 aliphatic heterocycles. The minimum atomic E-state index is -0.0884. The fraction of sp³-hybridized carbons (Fsp3) is 0.364. The standard InChI is InChI=1S/C22H24ClN5O2S/c1-13-19(15(3)29)14(2)24-20(13)18(30)12-31-22-26-25-21(27-10-6-7-11-27)28(22)17-9-5-4-8-16(17)23/h4-5,8-9,24H,6-7,10-12H2,1-3H3. The molecule has 1 aliphatic rings. The van der Waals surface area contributed by atoms with Gasteiger partial charge in [-0.25, -0.2) is 0 Å². The number of carbonyl (C=O) groups is 2. The van der Waals surface area contributed by atoms with Crippen LogP contribution in [0.15, 0.2) is 29.4 Å². The molecule has 1 fully saturated rings. The third kappa shape index (κ3) is 4.14. The number of aryl methyl sites for hydroxylation is 1. The Morgan fingerprint density at radius 2 is 1.87 bits per heavy atom. The van der Waals surface area contributed by atoms with Gasteiger partial charge in [-0.05, 0) is 51.3 Å². The fourth-order valence-electron chi connectivity index (χ4n) is 4.08. The van der Waals surface area contributed by atoms with E-state index in [2.05, 4.69) is 20.1 Å². The number of aromatic nitrogens is 4. The van der Waals surface area contributed by atoms with E-state index in [1.54, 1.807) is 6.92 Å². The number of rotatable bonds is 7. The van der Waals surface area contributed by atoms with E-state index >= 15 is 0 Å². The summed E-state index contributed by atoms with van der Waals surface area (Å²) in [5.41, 5.74) is 3.26. The first-order valence-electron chi connectivity index (χ1n) is 10.2. The van der Waals surface area contributed by atoms with Crippen LogP contribution < -0.4 is 4.90 Å². The van der Waals surface area contributed by atoms with Crippen molar-refractivity contribution in [3.8, 4) is 5.69 Å². The lowest BCUT2D eigenvalue weighted by Gasteiger charge is -2.19. The molecule has 9 heteroatoms. The van der Waals surface area contributed by atoms with Crippen LogP contribution in [0.1, 0.15) is 51.9 Å². The molecule has 0 saturated carbocycles. The normalized spacial score (nSPS) is 13.7. The van der Waals surface area contributed by atoms with Crippen molar-refractivity contribution in [3.05, 3.63) is 51.8 Å². The SMILES string of the molecule is CC(=O)c1c(C)[nH]c(C(=O)CSc2nnc(N3CCCC3)n2-c2ccccc2Cl)c1C. The number of hydrogen-bond acceptors (Lipinski definition) is 6. The van der Waals surface area contributed by atoms with E-state index in [1.807, 2.05) is 35.8 Å². The summed E-state index contributed by atoms with van der Waals surface area (Å²) in [4.78, 5) is 30.1. The molecule has 7 nitrogen and oxygen atoms in total. The topological polar surface area (TPSA) is 83.9 Å². The summed E-state index contributed by atoms with van der Waals surface area (Å²) in [6, 6.07) is 7.56. The van der Waals surface area contributed by atoms with Gasteiger partial charge >= 0.3 is 0 Å². The summed E-state index contributed by atoms with van der Waals surface area (Å²) in [5.74, 6) is 0.772. The number of halogens is 1. The first-order chi connectivity index (χ1) is 14.9. The summed E-state index contributed by atoms with van der Waals surface area (Å²) >= 11 is 7.80. The van der Waals surface area contributed by atoms with Crippen LogP contribution in [0.4, 0.5) is 5.95 Å². The van der Waals surface area contributed by atoms with Crippen LogP contribution in [0.2, 0.25) is 5.02 Å². The van der Waals surface area contributed by atoms with E-state index < -0.39 is 0 Å². The first kappa shape index (κ1) is 21.6. The maximum Gasteiger partial charge on any atom is 0.232 e. The largest absolute Gasteiger partial charge is 0.355 e. The number of benzene rings is 1. The number of carbonyl (C=O) groups excluding carboxylic acids is 2. The summed E-state index contributed by atoms with van der Waals surface area (Å²) < 4.78 is 1.93. The van der Waals surface area contributed by atoms with Crippen molar-refractivity contribution in [2.75, 3.05) is 23.7 Å². The molecule has 1 N–H and O–H groups in total. The summed E-state index contributed by atoms with van der Waals surface area (Å²) in [6.07, 6.45) is 2.22. The number of thioether (sulfide) groups is 1. The number of hydrogen-bond donors (Lipinski definition) is 1. The van der Waals surface area contributed by atoms with Crippen LogP contribution in [0, 0.1) is 13.8 Å². The molecule has 3 heterocycles. The van der Waals surface area contributed by atoms with E-state index in [0.717, 1.165) is 37.6 Å². The molecule has 1 aromatic carbocycles. The highest BCUT2D eigenvalue weighted by Gasteiger charge is 2.25. The van der Waals surface area contributed by atoms with E-state index in [-0.39, 0.29) is 17.3 Å². The van der Waals surface area contributed by atoms with Gasteiger partial charge < -0.3 is 9.88 Å². The molecule has 0 radical (unpaired) electrons. The van der Waals surface area contributed by atoms with Gasteiger partial charge in [-0.1, -0.05) is 35.5 Å². The second-order valence-electron chi connectivity index (χ2n) is 7.66.